The van der Waals surface area contributed by atoms with E-state index in [9.17, 15) is 9.59 Å². The number of benzene rings is 1. The molecule has 5 heteroatoms. The van der Waals surface area contributed by atoms with Crippen LogP contribution in [0.1, 0.15) is 57.6 Å². The van der Waals surface area contributed by atoms with Crippen molar-refractivity contribution in [3.8, 4) is 0 Å². The average molecular weight is 346 g/mol. The average Bonchev–Trinajstić information content (AvgIpc) is 2.90. The highest BCUT2D eigenvalue weighted by Gasteiger charge is 2.45. The van der Waals surface area contributed by atoms with Crippen LogP contribution in [0, 0.1) is 0 Å². The Balaban J connectivity index is 0.00000243. The molecule has 0 radical (unpaired) electrons. The number of amides is 1. The van der Waals surface area contributed by atoms with Gasteiger partial charge in [0.05, 0.1) is 13.2 Å². The van der Waals surface area contributed by atoms with Crippen LogP contribution in [0.2, 0.25) is 0 Å². The highest BCUT2D eigenvalue weighted by atomic mass is 16.5. The molecule has 1 saturated heterocycles. The van der Waals surface area contributed by atoms with E-state index < -0.39 is 0 Å². The molecule has 1 spiro atoms. The largest absolute Gasteiger partial charge is 0.469 e. The van der Waals surface area contributed by atoms with Crippen LogP contribution < -0.4 is 5.32 Å². The minimum atomic E-state index is -0.128. The molecular weight excluding hydrogens is 316 g/mol. The van der Waals surface area contributed by atoms with Gasteiger partial charge >= 0.3 is 5.97 Å². The van der Waals surface area contributed by atoms with Gasteiger partial charge < -0.3 is 15.0 Å². The molecule has 138 valence electrons. The van der Waals surface area contributed by atoms with Crippen molar-refractivity contribution in [1.82, 2.24) is 10.2 Å². The molecule has 0 unspecified atom stereocenters. The number of piperidine rings is 1. The van der Waals surface area contributed by atoms with Gasteiger partial charge in [0.1, 0.15) is 0 Å². The number of esters is 1. The Morgan fingerprint density at radius 3 is 2.72 bits per heavy atom. The van der Waals surface area contributed by atoms with Crippen LogP contribution in [0.15, 0.2) is 24.3 Å². The van der Waals surface area contributed by atoms with Gasteiger partial charge in [-0.2, -0.15) is 0 Å². The lowest BCUT2D eigenvalue weighted by Crippen LogP contribution is -2.42. The number of nitrogens with zero attached hydrogens (tertiary/aromatic N) is 1. The molecule has 1 amide bonds. The van der Waals surface area contributed by atoms with E-state index in [0.29, 0.717) is 6.42 Å². The number of hydrogen-bond acceptors (Lipinski definition) is 4. The summed E-state index contributed by atoms with van der Waals surface area (Å²) in [5.74, 6) is -0.0894. The molecule has 0 aromatic heterocycles. The van der Waals surface area contributed by atoms with E-state index in [1.54, 1.807) is 6.92 Å². The molecule has 1 aliphatic carbocycles. The quantitative estimate of drug-likeness (QED) is 0.833. The Hall–Kier alpha value is -1.88. The molecule has 25 heavy (non-hydrogen) atoms. The summed E-state index contributed by atoms with van der Waals surface area (Å²) in [6.45, 7) is 4.63. The van der Waals surface area contributed by atoms with E-state index in [0.717, 1.165) is 45.3 Å². The van der Waals surface area contributed by atoms with Crippen molar-refractivity contribution in [2.45, 2.75) is 50.5 Å². The highest BCUT2D eigenvalue weighted by molar-refractivity contribution is 5.74. The van der Waals surface area contributed by atoms with E-state index in [2.05, 4.69) is 34.5 Å². The lowest BCUT2D eigenvalue weighted by molar-refractivity contribution is -0.140. The second-order valence-corrected chi connectivity index (χ2v) is 7.35. The van der Waals surface area contributed by atoms with E-state index in [1.165, 1.54) is 18.2 Å². The van der Waals surface area contributed by atoms with Crippen molar-refractivity contribution in [1.29, 1.82) is 0 Å². The lowest BCUT2D eigenvalue weighted by atomic mass is 9.73. The maximum atomic E-state index is 11.6. The van der Waals surface area contributed by atoms with E-state index in [1.807, 2.05) is 0 Å². The van der Waals surface area contributed by atoms with Crippen LogP contribution >= 0.6 is 0 Å². The molecule has 1 N–H and O–H groups in total. The minimum Gasteiger partial charge on any atom is -0.469 e. The predicted octanol–water partition coefficient (Wildman–Crippen LogP) is 2.80. The summed E-state index contributed by atoms with van der Waals surface area (Å²) < 4.78 is 4.71. The second kappa shape index (κ2) is 7.56. The first-order valence-electron chi connectivity index (χ1n) is 9.20. The number of methoxy groups -OCH3 is 1. The summed E-state index contributed by atoms with van der Waals surface area (Å²) in [5.41, 5.74) is 2.89. The van der Waals surface area contributed by atoms with Gasteiger partial charge in [0.25, 0.3) is 0 Å². The molecule has 1 aromatic carbocycles. The van der Waals surface area contributed by atoms with E-state index in [4.69, 9.17) is 4.74 Å². The number of hydrogen-bond donors (Lipinski definition) is 1. The third-order valence-electron chi connectivity index (χ3n) is 5.78. The van der Waals surface area contributed by atoms with Crippen molar-refractivity contribution in [3.63, 3.8) is 0 Å². The van der Waals surface area contributed by atoms with Gasteiger partial charge in [-0.3, -0.25) is 9.59 Å². The van der Waals surface area contributed by atoms with Crippen molar-refractivity contribution < 1.29 is 15.8 Å². The molecule has 2 aliphatic rings. The number of rotatable bonds is 5. The number of ether oxygens (including phenoxy) is 1. The van der Waals surface area contributed by atoms with Crippen molar-refractivity contribution in [3.05, 3.63) is 35.4 Å². The standard InChI is InChI=1S/C20H28N2O3.H2/c1-15(23)21-18-14-20(17-7-4-3-6-16(17)18)9-12-22(13-10-20)11-5-8-19(24)25-2;/h3-4,6-7,18H,5,8-14H2,1-2H3,(H,21,23);1H/t18-;/m0./s1. The first kappa shape index (κ1) is 17.9. The van der Waals surface area contributed by atoms with Crippen LogP contribution in [-0.2, 0) is 19.7 Å². The summed E-state index contributed by atoms with van der Waals surface area (Å²) in [6, 6.07) is 8.71. The number of nitrogens with one attached hydrogen (secondary N) is 1. The molecule has 1 heterocycles. The lowest BCUT2D eigenvalue weighted by Gasteiger charge is -2.40. The molecule has 3 rings (SSSR count). The maximum absolute atomic E-state index is 11.6. The third-order valence-corrected chi connectivity index (χ3v) is 5.78. The fourth-order valence-corrected chi connectivity index (χ4v) is 4.50. The zero-order chi connectivity index (χ0) is 17.9. The van der Waals surface area contributed by atoms with Crippen LogP contribution in [0.25, 0.3) is 0 Å². The minimum absolute atomic E-state index is 0. The zero-order valence-electron chi connectivity index (χ0n) is 15.2. The van der Waals surface area contributed by atoms with Gasteiger partial charge in [0, 0.05) is 20.2 Å². The maximum Gasteiger partial charge on any atom is 0.305 e. The number of likely N-dealkylation sites (tertiary alicyclic amines) is 1. The summed E-state index contributed by atoms with van der Waals surface area (Å²) in [4.78, 5) is 25.3. The zero-order valence-corrected chi connectivity index (χ0v) is 15.2. The monoisotopic (exact) mass is 346 g/mol. The van der Waals surface area contributed by atoms with E-state index >= 15 is 0 Å². The SMILES string of the molecule is COC(=O)CCCN1CCC2(CC1)C[C@H](NC(C)=O)c1ccccc12.[HH]. The Bertz CT molecular complexity index is 642. The molecule has 1 aromatic rings. The van der Waals surface area contributed by atoms with Crippen molar-refractivity contribution in [2.75, 3.05) is 26.7 Å². The molecule has 0 saturated carbocycles. The Kier molecular flexibility index (Phi) is 5.42. The second-order valence-electron chi connectivity index (χ2n) is 7.35. The Morgan fingerprint density at radius 2 is 2.04 bits per heavy atom. The first-order valence-corrected chi connectivity index (χ1v) is 9.20. The van der Waals surface area contributed by atoms with Gasteiger partial charge in [-0.25, -0.2) is 0 Å². The molecule has 0 bridgehead atoms. The Morgan fingerprint density at radius 1 is 1.32 bits per heavy atom. The van der Waals surface area contributed by atoms with Crippen LogP contribution in [0.4, 0.5) is 0 Å². The summed E-state index contributed by atoms with van der Waals surface area (Å²) in [6.07, 6.45) is 4.56. The van der Waals surface area contributed by atoms with Gasteiger partial charge in [-0.15, -0.1) is 0 Å². The number of fused-ring (bicyclic) bond motifs is 2. The molecule has 1 atom stereocenters. The summed E-state index contributed by atoms with van der Waals surface area (Å²) in [7, 11) is 1.44. The molecule has 1 aliphatic heterocycles. The normalized spacial score (nSPS) is 21.8. The molecule has 5 nitrogen and oxygen atoms in total. The van der Waals surface area contributed by atoms with Gasteiger partial charge in [-0.1, -0.05) is 24.3 Å². The number of carbonyl (C=O) groups excluding carboxylic acids is 2. The van der Waals surface area contributed by atoms with Crippen LogP contribution in [0.5, 0.6) is 0 Å². The first-order chi connectivity index (χ1) is 12.0. The molecular formula is C20H30N2O3. The van der Waals surface area contributed by atoms with Gasteiger partial charge in [-0.05, 0) is 56.4 Å². The third kappa shape index (κ3) is 3.87. The highest BCUT2D eigenvalue weighted by Crippen LogP contribution is 2.50. The predicted molar refractivity (Wildman–Crippen MR) is 98.3 cm³/mol. The van der Waals surface area contributed by atoms with Crippen molar-refractivity contribution >= 4 is 11.9 Å². The van der Waals surface area contributed by atoms with Crippen molar-refractivity contribution in [2.24, 2.45) is 0 Å². The van der Waals surface area contributed by atoms with Gasteiger partial charge in [0.15, 0.2) is 0 Å². The number of carbonyl (C=O) groups is 2. The van der Waals surface area contributed by atoms with Crippen LogP contribution in [-0.4, -0.2) is 43.5 Å². The fourth-order valence-electron chi connectivity index (χ4n) is 4.50. The van der Waals surface area contributed by atoms with Crippen LogP contribution in [0.3, 0.4) is 0 Å². The topological polar surface area (TPSA) is 58.6 Å². The Labute approximate surface area is 151 Å². The summed E-state index contributed by atoms with van der Waals surface area (Å²) in [5, 5.41) is 3.13. The van der Waals surface area contributed by atoms with E-state index in [-0.39, 0.29) is 24.8 Å². The smallest absolute Gasteiger partial charge is 0.305 e. The molecule has 1 fully saturated rings. The van der Waals surface area contributed by atoms with Gasteiger partial charge in [0.2, 0.25) is 5.91 Å². The summed E-state index contributed by atoms with van der Waals surface area (Å²) >= 11 is 0. The fraction of sp³-hybridized carbons (Fsp3) is 0.600.